The molecule has 1 saturated heterocycles. The number of aromatic amines is 1. The number of sulfonamides is 1. The van der Waals surface area contributed by atoms with Gasteiger partial charge in [-0.2, -0.15) is 4.31 Å². The van der Waals surface area contributed by atoms with E-state index in [1.54, 1.807) is 11.4 Å². The van der Waals surface area contributed by atoms with Gasteiger partial charge in [0, 0.05) is 54.8 Å². The van der Waals surface area contributed by atoms with Gasteiger partial charge in [-0.05, 0) is 49.2 Å². The standard InChI is InChI=1S/C33H34N6O4S/c1-19-30(20(2)43-37-19)27-16-28-26(17-29(27)42-4)31-32(34-21(3)35-33(31)36-28)25-11-10-22(23-8-6-7-9-24(23)25)18-38-12-14-39(15-13-38)44(5,40)41/h6-11,16-17H,12-15,18H2,1-5H3,(H,34,35,36). The lowest BCUT2D eigenvalue weighted by atomic mass is 9.95. The van der Waals surface area contributed by atoms with E-state index in [-0.39, 0.29) is 0 Å². The summed E-state index contributed by atoms with van der Waals surface area (Å²) < 4.78 is 36.9. The van der Waals surface area contributed by atoms with Crippen LogP contribution in [0.15, 0.2) is 53.1 Å². The summed E-state index contributed by atoms with van der Waals surface area (Å²) in [5.41, 5.74) is 7.39. The Kier molecular flexibility index (Phi) is 6.91. The Morgan fingerprint density at radius 3 is 2.36 bits per heavy atom. The van der Waals surface area contributed by atoms with E-state index in [9.17, 15) is 8.42 Å². The molecule has 4 heterocycles. The summed E-state index contributed by atoms with van der Waals surface area (Å²) in [6.07, 6.45) is 1.28. The Morgan fingerprint density at radius 2 is 1.68 bits per heavy atom. The lowest BCUT2D eigenvalue weighted by Gasteiger charge is -2.33. The first-order valence-corrected chi connectivity index (χ1v) is 16.5. The molecule has 0 saturated carbocycles. The van der Waals surface area contributed by atoms with Crippen LogP contribution in [0.3, 0.4) is 0 Å². The molecule has 1 N–H and O–H groups in total. The number of aryl methyl sites for hydroxylation is 3. The Hall–Kier alpha value is -4.32. The maximum atomic E-state index is 12.0. The van der Waals surface area contributed by atoms with Crippen molar-refractivity contribution in [1.82, 2.24) is 29.3 Å². The normalized spacial score (nSPS) is 15.1. The van der Waals surface area contributed by atoms with Gasteiger partial charge < -0.3 is 14.2 Å². The molecule has 0 radical (unpaired) electrons. The number of fused-ring (bicyclic) bond motifs is 4. The number of H-pyrrole nitrogens is 1. The highest BCUT2D eigenvalue weighted by molar-refractivity contribution is 7.88. The fraction of sp³-hybridized carbons (Fsp3) is 0.303. The van der Waals surface area contributed by atoms with Crippen LogP contribution in [0.5, 0.6) is 5.75 Å². The van der Waals surface area contributed by atoms with Crippen molar-refractivity contribution in [2.45, 2.75) is 27.3 Å². The Labute approximate surface area is 255 Å². The second-order valence-corrected chi connectivity index (χ2v) is 13.5. The summed E-state index contributed by atoms with van der Waals surface area (Å²) >= 11 is 0. The molecule has 1 aliphatic rings. The predicted molar refractivity (Wildman–Crippen MR) is 172 cm³/mol. The first-order valence-electron chi connectivity index (χ1n) is 14.6. The van der Waals surface area contributed by atoms with Gasteiger partial charge in [0.1, 0.15) is 23.0 Å². The SMILES string of the molecule is COc1cc2c(cc1-c1c(C)noc1C)[nH]c1nc(C)nc(-c3ccc(CN4CCN(S(C)(=O)=O)CC4)c4ccccc34)c12. The molecular formula is C33H34N6O4S. The molecule has 3 aromatic carbocycles. The number of nitrogens with one attached hydrogen (secondary N) is 1. The fourth-order valence-corrected chi connectivity index (χ4v) is 7.36. The van der Waals surface area contributed by atoms with E-state index in [0.29, 0.717) is 32.0 Å². The minimum absolute atomic E-state index is 0.509. The lowest BCUT2D eigenvalue weighted by molar-refractivity contribution is 0.182. The van der Waals surface area contributed by atoms with Crippen LogP contribution < -0.4 is 4.74 Å². The third-order valence-electron chi connectivity index (χ3n) is 8.65. The smallest absolute Gasteiger partial charge is 0.211 e. The molecule has 0 aliphatic carbocycles. The van der Waals surface area contributed by atoms with Gasteiger partial charge in [-0.1, -0.05) is 41.6 Å². The van der Waals surface area contributed by atoms with Gasteiger partial charge in [0.15, 0.2) is 0 Å². The van der Waals surface area contributed by atoms with Crippen LogP contribution in [0.1, 0.15) is 22.8 Å². The fourth-order valence-electron chi connectivity index (χ4n) is 6.53. The number of nitrogens with zero attached hydrogens (tertiary/aromatic N) is 5. The van der Waals surface area contributed by atoms with Crippen molar-refractivity contribution in [2.24, 2.45) is 0 Å². The molecule has 1 fully saturated rings. The van der Waals surface area contributed by atoms with Crippen LogP contribution in [0.25, 0.3) is 55.1 Å². The molecule has 226 valence electrons. The zero-order valence-electron chi connectivity index (χ0n) is 25.4. The summed E-state index contributed by atoms with van der Waals surface area (Å²) in [6, 6.07) is 16.9. The minimum Gasteiger partial charge on any atom is -0.496 e. The van der Waals surface area contributed by atoms with Gasteiger partial charge >= 0.3 is 0 Å². The Morgan fingerprint density at radius 1 is 0.932 bits per heavy atom. The van der Waals surface area contributed by atoms with E-state index in [4.69, 9.17) is 19.2 Å². The van der Waals surface area contributed by atoms with Gasteiger partial charge in [0.05, 0.1) is 35.7 Å². The van der Waals surface area contributed by atoms with Crippen molar-refractivity contribution in [1.29, 1.82) is 0 Å². The number of benzene rings is 3. The van der Waals surface area contributed by atoms with E-state index in [1.807, 2.05) is 26.8 Å². The highest BCUT2D eigenvalue weighted by Gasteiger charge is 2.25. The van der Waals surface area contributed by atoms with Crippen LogP contribution in [0.2, 0.25) is 0 Å². The van der Waals surface area contributed by atoms with Gasteiger partial charge in [0.2, 0.25) is 10.0 Å². The monoisotopic (exact) mass is 610 g/mol. The molecule has 0 bridgehead atoms. The molecule has 1 aliphatic heterocycles. The van der Waals surface area contributed by atoms with Crippen LogP contribution in [-0.2, 0) is 16.6 Å². The average molecular weight is 611 g/mol. The predicted octanol–water partition coefficient (Wildman–Crippen LogP) is 5.60. The first kappa shape index (κ1) is 28.5. The van der Waals surface area contributed by atoms with E-state index in [1.165, 1.54) is 11.8 Å². The molecule has 0 spiro atoms. The summed E-state index contributed by atoms with van der Waals surface area (Å²) in [7, 11) is -1.50. The molecular weight excluding hydrogens is 576 g/mol. The Bertz CT molecular complexity index is 2160. The lowest BCUT2D eigenvalue weighted by Crippen LogP contribution is -2.47. The quantitative estimate of drug-likeness (QED) is 0.259. The van der Waals surface area contributed by atoms with Crippen LogP contribution in [0, 0.1) is 20.8 Å². The van der Waals surface area contributed by atoms with Crippen molar-refractivity contribution < 1.29 is 17.7 Å². The maximum Gasteiger partial charge on any atom is 0.211 e. The number of ether oxygens (including phenoxy) is 1. The van der Waals surface area contributed by atoms with E-state index in [2.05, 4.69) is 57.5 Å². The molecule has 44 heavy (non-hydrogen) atoms. The number of aromatic nitrogens is 4. The highest BCUT2D eigenvalue weighted by atomic mass is 32.2. The average Bonchev–Trinajstić information content (AvgIpc) is 3.53. The van der Waals surface area contributed by atoms with E-state index >= 15 is 0 Å². The third-order valence-corrected chi connectivity index (χ3v) is 9.95. The number of rotatable bonds is 6. The molecule has 3 aromatic heterocycles. The van der Waals surface area contributed by atoms with E-state index in [0.717, 1.165) is 78.8 Å². The third kappa shape index (κ3) is 4.81. The molecule has 0 unspecified atom stereocenters. The zero-order chi connectivity index (χ0) is 30.7. The molecule has 0 amide bonds. The van der Waals surface area contributed by atoms with Crippen LogP contribution in [0.4, 0.5) is 0 Å². The number of hydrogen-bond donors (Lipinski definition) is 1. The topological polar surface area (TPSA) is 117 Å². The van der Waals surface area contributed by atoms with Crippen LogP contribution in [-0.4, -0.2) is 77.3 Å². The summed E-state index contributed by atoms with van der Waals surface area (Å²) in [5.74, 6) is 2.13. The number of piperazine rings is 1. The van der Waals surface area contributed by atoms with E-state index < -0.39 is 10.0 Å². The second-order valence-electron chi connectivity index (χ2n) is 11.5. The van der Waals surface area contributed by atoms with Crippen molar-refractivity contribution in [2.75, 3.05) is 39.5 Å². The maximum absolute atomic E-state index is 12.0. The zero-order valence-corrected chi connectivity index (χ0v) is 26.2. The largest absolute Gasteiger partial charge is 0.496 e. The van der Waals surface area contributed by atoms with Gasteiger partial charge in [0.25, 0.3) is 0 Å². The minimum atomic E-state index is -3.17. The summed E-state index contributed by atoms with van der Waals surface area (Å²) in [4.78, 5) is 15.7. The Balaban J connectivity index is 1.35. The van der Waals surface area contributed by atoms with Gasteiger partial charge in [-0.3, -0.25) is 4.90 Å². The summed E-state index contributed by atoms with van der Waals surface area (Å²) in [5, 5.41) is 8.31. The first-order chi connectivity index (χ1) is 21.1. The molecule has 7 rings (SSSR count). The van der Waals surface area contributed by atoms with Gasteiger partial charge in [-0.15, -0.1) is 0 Å². The van der Waals surface area contributed by atoms with Crippen molar-refractivity contribution in [3.63, 3.8) is 0 Å². The number of hydrogen-bond acceptors (Lipinski definition) is 8. The van der Waals surface area contributed by atoms with Gasteiger partial charge in [-0.25, -0.2) is 18.4 Å². The highest BCUT2D eigenvalue weighted by Crippen LogP contribution is 2.42. The van der Waals surface area contributed by atoms with Crippen molar-refractivity contribution in [3.8, 4) is 28.1 Å². The molecule has 6 aromatic rings. The molecule has 10 nitrogen and oxygen atoms in total. The van der Waals surface area contributed by atoms with Crippen LogP contribution >= 0.6 is 0 Å². The molecule has 11 heteroatoms. The summed E-state index contributed by atoms with van der Waals surface area (Å²) in [6.45, 7) is 8.90. The second kappa shape index (κ2) is 10.7. The molecule has 0 atom stereocenters. The van der Waals surface area contributed by atoms with Crippen molar-refractivity contribution in [3.05, 3.63) is 71.4 Å². The number of methoxy groups -OCH3 is 1. The van der Waals surface area contributed by atoms with Crippen molar-refractivity contribution >= 4 is 42.7 Å².